The summed E-state index contributed by atoms with van der Waals surface area (Å²) in [6, 6.07) is 2.40. The second-order valence-electron chi connectivity index (χ2n) is 2.87. The van der Waals surface area contributed by atoms with E-state index in [1.807, 2.05) is 0 Å². The molecular formula is C10H5ClF4O. The molecule has 1 nitrogen and oxygen atoms in total. The molecule has 0 unspecified atom stereocenters. The Labute approximate surface area is 93.3 Å². The van der Waals surface area contributed by atoms with Gasteiger partial charge in [-0.3, -0.25) is 4.79 Å². The molecular weight excluding hydrogens is 248 g/mol. The van der Waals surface area contributed by atoms with Gasteiger partial charge in [-0.15, -0.1) is 0 Å². The van der Waals surface area contributed by atoms with E-state index in [4.69, 9.17) is 11.6 Å². The Morgan fingerprint density at radius 1 is 1.31 bits per heavy atom. The van der Waals surface area contributed by atoms with E-state index in [0.29, 0.717) is 12.1 Å². The molecule has 0 spiro atoms. The number of allylic oxidation sites excluding steroid dienone is 1. The number of carbonyl (C=O) groups excluding carboxylic acids is 1. The van der Waals surface area contributed by atoms with Crippen LogP contribution in [-0.4, -0.2) is 5.24 Å². The third-order valence-corrected chi connectivity index (χ3v) is 1.83. The fourth-order valence-electron chi connectivity index (χ4n) is 1.03. The van der Waals surface area contributed by atoms with Crippen molar-refractivity contribution >= 4 is 22.9 Å². The molecule has 0 aliphatic rings. The highest BCUT2D eigenvalue weighted by Gasteiger charge is 2.33. The van der Waals surface area contributed by atoms with Crippen LogP contribution >= 0.6 is 11.6 Å². The zero-order chi connectivity index (χ0) is 12.3. The summed E-state index contributed by atoms with van der Waals surface area (Å²) in [5.41, 5.74) is -1.33. The zero-order valence-electron chi connectivity index (χ0n) is 7.68. The highest BCUT2D eigenvalue weighted by Crippen LogP contribution is 2.32. The van der Waals surface area contributed by atoms with Gasteiger partial charge in [0.1, 0.15) is 5.82 Å². The normalized spacial score (nSPS) is 12.1. The number of hydrogen-bond donors (Lipinski definition) is 0. The van der Waals surface area contributed by atoms with Gasteiger partial charge in [0.2, 0.25) is 5.24 Å². The predicted octanol–water partition coefficient (Wildman–Crippen LogP) is 3.62. The van der Waals surface area contributed by atoms with Crippen LogP contribution in [0.15, 0.2) is 24.3 Å². The molecule has 0 heterocycles. The molecule has 16 heavy (non-hydrogen) atoms. The average molecular weight is 253 g/mol. The van der Waals surface area contributed by atoms with Crippen LogP contribution in [0.25, 0.3) is 6.08 Å². The Morgan fingerprint density at radius 3 is 2.44 bits per heavy atom. The van der Waals surface area contributed by atoms with Crippen molar-refractivity contribution in [2.75, 3.05) is 0 Å². The first-order valence-electron chi connectivity index (χ1n) is 4.05. The van der Waals surface area contributed by atoms with Crippen LogP contribution < -0.4 is 0 Å². The summed E-state index contributed by atoms with van der Waals surface area (Å²) in [6.45, 7) is 0. The van der Waals surface area contributed by atoms with Crippen molar-refractivity contribution < 1.29 is 22.4 Å². The molecule has 0 atom stereocenters. The molecule has 0 aliphatic heterocycles. The maximum Gasteiger partial charge on any atom is 0.419 e. The third-order valence-electron chi connectivity index (χ3n) is 1.70. The largest absolute Gasteiger partial charge is 0.419 e. The van der Waals surface area contributed by atoms with E-state index in [1.54, 1.807) is 0 Å². The Bertz CT molecular complexity index is 437. The third kappa shape index (κ3) is 3.34. The molecule has 0 radical (unpaired) electrons. The molecule has 0 aromatic heterocycles. The smallest absolute Gasteiger partial charge is 0.276 e. The van der Waals surface area contributed by atoms with Crippen LogP contribution in [0.5, 0.6) is 0 Å². The Morgan fingerprint density at radius 2 is 1.94 bits per heavy atom. The number of halogens is 5. The van der Waals surface area contributed by atoms with Crippen LogP contribution in [-0.2, 0) is 11.0 Å². The van der Waals surface area contributed by atoms with Gasteiger partial charge in [0, 0.05) is 0 Å². The van der Waals surface area contributed by atoms with E-state index in [9.17, 15) is 22.4 Å². The van der Waals surface area contributed by atoms with Crippen LogP contribution in [0, 0.1) is 5.82 Å². The van der Waals surface area contributed by atoms with Gasteiger partial charge in [-0.05, 0) is 35.4 Å². The summed E-state index contributed by atoms with van der Waals surface area (Å²) in [4.78, 5) is 10.3. The summed E-state index contributed by atoms with van der Waals surface area (Å²) in [7, 11) is 0. The zero-order valence-corrected chi connectivity index (χ0v) is 8.44. The van der Waals surface area contributed by atoms with Crippen molar-refractivity contribution in [3.05, 3.63) is 41.2 Å². The van der Waals surface area contributed by atoms with Crippen LogP contribution in [0.1, 0.15) is 11.1 Å². The highest BCUT2D eigenvalue weighted by atomic mass is 35.5. The first-order valence-corrected chi connectivity index (χ1v) is 4.43. The van der Waals surface area contributed by atoms with Gasteiger partial charge in [0.05, 0.1) is 5.56 Å². The average Bonchev–Trinajstić information content (AvgIpc) is 2.14. The quantitative estimate of drug-likeness (QED) is 0.446. The van der Waals surface area contributed by atoms with E-state index >= 15 is 0 Å². The topological polar surface area (TPSA) is 17.1 Å². The van der Waals surface area contributed by atoms with Gasteiger partial charge >= 0.3 is 6.18 Å². The van der Waals surface area contributed by atoms with Crippen molar-refractivity contribution in [1.29, 1.82) is 0 Å². The van der Waals surface area contributed by atoms with Crippen LogP contribution in [0.2, 0.25) is 0 Å². The molecule has 0 fully saturated rings. The molecule has 1 rings (SSSR count). The lowest BCUT2D eigenvalue weighted by Crippen LogP contribution is -2.08. The van der Waals surface area contributed by atoms with Gasteiger partial charge < -0.3 is 0 Å². The lowest BCUT2D eigenvalue weighted by atomic mass is 10.1. The molecule has 0 amide bonds. The number of hydrogen-bond acceptors (Lipinski definition) is 1. The number of carbonyl (C=O) groups is 1. The van der Waals surface area contributed by atoms with Crippen molar-refractivity contribution in [3.63, 3.8) is 0 Å². The van der Waals surface area contributed by atoms with Crippen molar-refractivity contribution in [3.8, 4) is 0 Å². The predicted molar refractivity (Wildman–Crippen MR) is 51.3 cm³/mol. The van der Waals surface area contributed by atoms with Crippen molar-refractivity contribution in [1.82, 2.24) is 0 Å². The van der Waals surface area contributed by atoms with Gasteiger partial charge in [0.25, 0.3) is 0 Å². The maximum atomic E-state index is 12.8. The fraction of sp³-hybridized carbons (Fsp3) is 0.100. The first-order chi connectivity index (χ1) is 7.30. The second-order valence-corrected chi connectivity index (χ2v) is 3.25. The number of rotatable bonds is 2. The molecule has 6 heteroatoms. The maximum absolute atomic E-state index is 12.8. The van der Waals surface area contributed by atoms with E-state index in [-0.39, 0.29) is 5.56 Å². The summed E-state index contributed by atoms with van der Waals surface area (Å²) in [5.74, 6) is -1.36. The second kappa shape index (κ2) is 4.65. The molecule has 0 aliphatic carbocycles. The number of alkyl halides is 3. The lowest BCUT2D eigenvalue weighted by Gasteiger charge is -2.08. The van der Waals surface area contributed by atoms with E-state index in [1.165, 1.54) is 0 Å². The van der Waals surface area contributed by atoms with Crippen molar-refractivity contribution in [2.24, 2.45) is 0 Å². The minimum absolute atomic E-state index is 0.0442. The summed E-state index contributed by atoms with van der Waals surface area (Å²) >= 11 is 4.97. The molecule has 1 aromatic rings. The monoisotopic (exact) mass is 252 g/mol. The van der Waals surface area contributed by atoms with E-state index < -0.39 is 22.8 Å². The molecule has 0 bridgehead atoms. The van der Waals surface area contributed by atoms with E-state index in [0.717, 1.165) is 18.2 Å². The highest BCUT2D eigenvalue weighted by molar-refractivity contribution is 6.66. The number of benzene rings is 1. The van der Waals surface area contributed by atoms with Crippen LogP contribution in [0.4, 0.5) is 17.6 Å². The standard InChI is InChI=1S/C10H5ClF4O/c11-9(16)4-2-6-1-3-8(12)7(5-6)10(13,14)15/h1-5H/b4-2+. The van der Waals surface area contributed by atoms with Crippen molar-refractivity contribution in [2.45, 2.75) is 6.18 Å². The Kier molecular flexibility index (Phi) is 3.70. The van der Waals surface area contributed by atoms with Gasteiger partial charge in [-0.25, -0.2) is 4.39 Å². The van der Waals surface area contributed by atoms with E-state index in [2.05, 4.69) is 0 Å². The summed E-state index contributed by atoms with van der Waals surface area (Å²) in [6.07, 6.45) is -2.81. The van der Waals surface area contributed by atoms with Gasteiger partial charge in [0.15, 0.2) is 0 Å². The molecule has 0 saturated heterocycles. The summed E-state index contributed by atoms with van der Waals surface area (Å²) < 4.78 is 49.6. The SMILES string of the molecule is O=C(Cl)/C=C/c1ccc(F)c(C(F)(F)F)c1. The molecule has 1 aromatic carbocycles. The molecule has 0 saturated carbocycles. The van der Waals surface area contributed by atoms with Gasteiger partial charge in [-0.2, -0.15) is 13.2 Å². The molecule has 0 N–H and O–H groups in total. The minimum atomic E-state index is -4.76. The fourth-order valence-corrected chi connectivity index (χ4v) is 1.09. The summed E-state index contributed by atoms with van der Waals surface area (Å²) in [5, 5.41) is -0.821. The molecule has 86 valence electrons. The Hall–Kier alpha value is -1.36. The first kappa shape index (κ1) is 12.7. The lowest BCUT2D eigenvalue weighted by molar-refractivity contribution is -0.140. The minimum Gasteiger partial charge on any atom is -0.276 e. The van der Waals surface area contributed by atoms with Crippen LogP contribution in [0.3, 0.4) is 0 Å². The van der Waals surface area contributed by atoms with Gasteiger partial charge in [-0.1, -0.05) is 12.1 Å². The Balaban J connectivity index is 3.13.